The fourth-order valence-electron chi connectivity index (χ4n) is 4.36. The molecule has 9 heteroatoms. The molecular formula is C26H30N4O5. The quantitative estimate of drug-likeness (QED) is 0.641. The highest BCUT2D eigenvalue weighted by atomic mass is 16.4. The van der Waals surface area contributed by atoms with Crippen LogP contribution in [0.3, 0.4) is 0 Å². The molecule has 2 heterocycles. The third kappa shape index (κ3) is 7.55. The molecule has 0 aliphatic carbocycles. The van der Waals surface area contributed by atoms with E-state index in [1.807, 2.05) is 30.3 Å². The van der Waals surface area contributed by atoms with Crippen LogP contribution in [-0.2, 0) is 20.9 Å². The SMILES string of the molecule is N#Cc1ccc(CN2CCC(C(=O)N3CCN(c4ccccc4)CC3)CC2)cc1.O=C(O)C(=O)O. The number of anilines is 1. The Morgan fingerprint density at radius 3 is 1.91 bits per heavy atom. The van der Waals surface area contributed by atoms with E-state index in [0.29, 0.717) is 11.5 Å². The van der Waals surface area contributed by atoms with Crippen LogP contribution in [0.5, 0.6) is 0 Å². The predicted molar refractivity (Wildman–Crippen MR) is 130 cm³/mol. The van der Waals surface area contributed by atoms with Gasteiger partial charge < -0.3 is 20.0 Å². The van der Waals surface area contributed by atoms with Crippen LogP contribution in [0.25, 0.3) is 0 Å². The summed E-state index contributed by atoms with van der Waals surface area (Å²) in [5.74, 6) is -3.14. The molecule has 2 N–H and O–H groups in total. The number of hydrogen-bond acceptors (Lipinski definition) is 6. The van der Waals surface area contributed by atoms with Crippen molar-refractivity contribution in [2.75, 3.05) is 44.2 Å². The molecular weight excluding hydrogens is 448 g/mol. The molecule has 0 bridgehead atoms. The first-order chi connectivity index (χ1) is 16.9. The Labute approximate surface area is 204 Å². The number of piperidine rings is 1. The van der Waals surface area contributed by atoms with Crippen LogP contribution in [0.4, 0.5) is 5.69 Å². The largest absolute Gasteiger partial charge is 0.473 e. The molecule has 2 fully saturated rings. The molecule has 0 radical (unpaired) electrons. The minimum atomic E-state index is -1.82. The maximum Gasteiger partial charge on any atom is 0.414 e. The molecule has 0 atom stereocenters. The number of para-hydroxylation sites is 1. The van der Waals surface area contributed by atoms with Gasteiger partial charge >= 0.3 is 11.9 Å². The van der Waals surface area contributed by atoms with Gasteiger partial charge in [-0.05, 0) is 55.8 Å². The summed E-state index contributed by atoms with van der Waals surface area (Å²) in [4.78, 5) is 38.0. The Kier molecular flexibility index (Phi) is 9.21. The van der Waals surface area contributed by atoms with Gasteiger partial charge in [-0.3, -0.25) is 9.69 Å². The van der Waals surface area contributed by atoms with Gasteiger partial charge in [0.05, 0.1) is 11.6 Å². The summed E-state index contributed by atoms with van der Waals surface area (Å²) in [5, 5.41) is 23.7. The van der Waals surface area contributed by atoms with Crippen molar-refractivity contribution in [1.29, 1.82) is 5.26 Å². The lowest BCUT2D eigenvalue weighted by Gasteiger charge is -2.39. The summed E-state index contributed by atoms with van der Waals surface area (Å²) in [7, 11) is 0. The highest BCUT2D eigenvalue weighted by molar-refractivity contribution is 6.27. The fourth-order valence-corrected chi connectivity index (χ4v) is 4.36. The first-order valence-corrected chi connectivity index (χ1v) is 11.6. The van der Waals surface area contributed by atoms with Gasteiger partial charge in [-0.1, -0.05) is 30.3 Å². The number of likely N-dealkylation sites (tertiary alicyclic amines) is 1. The van der Waals surface area contributed by atoms with Crippen LogP contribution in [0.15, 0.2) is 54.6 Å². The number of piperazine rings is 1. The zero-order chi connectivity index (χ0) is 25.2. The Bertz CT molecular complexity index is 1020. The topological polar surface area (TPSA) is 125 Å². The number of carbonyl (C=O) groups excluding carboxylic acids is 1. The van der Waals surface area contributed by atoms with E-state index in [9.17, 15) is 4.79 Å². The predicted octanol–water partition coefficient (Wildman–Crippen LogP) is 2.27. The van der Waals surface area contributed by atoms with E-state index in [0.717, 1.165) is 58.7 Å². The average Bonchev–Trinajstić information content (AvgIpc) is 2.90. The Hall–Kier alpha value is -3.90. The molecule has 0 unspecified atom stereocenters. The van der Waals surface area contributed by atoms with Gasteiger partial charge in [0.25, 0.3) is 0 Å². The van der Waals surface area contributed by atoms with E-state index in [1.54, 1.807) is 0 Å². The molecule has 0 saturated carbocycles. The second kappa shape index (κ2) is 12.5. The summed E-state index contributed by atoms with van der Waals surface area (Å²) in [6.07, 6.45) is 1.88. The average molecular weight is 479 g/mol. The summed E-state index contributed by atoms with van der Waals surface area (Å²) in [5.41, 5.74) is 3.17. The molecule has 0 spiro atoms. The summed E-state index contributed by atoms with van der Waals surface area (Å²) >= 11 is 0. The van der Waals surface area contributed by atoms with Crippen molar-refractivity contribution < 1.29 is 24.6 Å². The molecule has 2 aromatic rings. The van der Waals surface area contributed by atoms with Crippen LogP contribution >= 0.6 is 0 Å². The number of carboxylic acid groups (broad SMARTS) is 2. The normalized spacial score (nSPS) is 16.5. The third-order valence-electron chi connectivity index (χ3n) is 6.32. The Morgan fingerprint density at radius 2 is 1.40 bits per heavy atom. The lowest BCUT2D eigenvalue weighted by Crippen LogP contribution is -2.51. The fraction of sp³-hybridized carbons (Fsp3) is 0.385. The standard InChI is InChI=1S/C24H28N4O.C2H2O4/c25-18-20-6-8-21(9-7-20)19-26-12-10-22(11-13-26)24(29)28-16-14-27(15-17-28)23-4-2-1-3-5-23;3-1(4)2(5)6/h1-9,22H,10-17,19H2;(H,3,4)(H,5,6). The number of benzene rings is 2. The van der Waals surface area contributed by atoms with Gasteiger partial charge in [0.1, 0.15) is 0 Å². The van der Waals surface area contributed by atoms with E-state index in [2.05, 4.69) is 45.0 Å². The van der Waals surface area contributed by atoms with Crippen molar-refractivity contribution in [3.05, 3.63) is 65.7 Å². The van der Waals surface area contributed by atoms with Crippen molar-refractivity contribution in [3.63, 3.8) is 0 Å². The Balaban J connectivity index is 0.000000509. The van der Waals surface area contributed by atoms with Gasteiger partial charge in [0, 0.05) is 44.3 Å². The monoisotopic (exact) mass is 478 g/mol. The molecule has 2 saturated heterocycles. The highest BCUT2D eigenvalue weighted by Gasteiger charge is 2.30. The number of hydrogen-bond donors (Lipinski definition) is 2. The minimum Gasteiger partial charge on any atom is -0.473 e. The maximum atomic E-state index is 13.0. The van der Waals surface area contributed by atoms with Crippen molar-refractivity contribution in [2.45, 2.75) is 19.4 Å². The molecule has 0 aromatic heterocycles. The minimum absolute atomic E-state index is 0.162. The van der Waals surface area contributed by atoms with Crippen molar-refractivity contribution in [3.8, 4) is 6.07 Å². The van der Waals surface area contributed by atoms with Gasteiger partial charge in [-0.15, -0.1) is 0 Å². The van der Waals surface area contributed by atoms with Crippen molar-refractivity contribution in [2.24, 2.45) is 5.92 Å². The van der Waals surface area contributed by atoms with E-state index in [4.69, 9.17) is 25.1 Å². The number of nitriles is 1. The second-order valence-corrected chi connectivity index (χ2v) is 8.62. The number of amides is 1. The maximum absolute atomic E-state index is 13.0. The zero-order valence-electron chi connectivity index (χ0n) is 19.5. The smallest absolute Gasteiger partial charge is 0.414 e. The molecule has 1 amide bonds. The van der Waals surface area contributed by atoms with Crippen molar-refractivity contribution in [1.82, 2.24) is 9.80 Å². The number of nitrogens with zero attached hydrogens (tertiary/aromatic N) is 4. The molecule has 2 aromatic carbocycles. The van der Waals surface area contributed by atoms with Gasteiger partial charge in [0.2, 0.25) is 5.91 Å². The molecule has 4 rings (SSSR count). The van der Waals surface area contributed by atoms with Gasteiger partial charge in [-0.2, -0.15) is 5.26 Å². The number of carboxylic acids is 2. The van der Waals surface area contributed by atoms with Crippen LogP contribution < -0.4 is 4.90 Å². The highest BCUT2D eigenvalue weighted by Crippen LogP contribution is 2.23. The Morgan fingerprint density at radius 1 is 0.829 bits per heavy atom. The van der Waals surface area contributed by atoms with Crippen LogP contribution in [0, 0.1) is 17.2 Å². The van der Waals surface area contributed by atoms with Crippen LogP contribution in [0.2, 0.25) is 0 Å². The van der Waals surface area contributed by atoms with Crippen LogP contribution in [0.1, 0.15) is 24.0 Å². The number of aliphatic carboxylic acids is 2. The summed E-state index contributed by atoms with van der Waals surface area (Å²) in [6, 6.07) is 20.4. The zero-order valence-corrected chi connectivity index (χ0v) is 19.5. The van der Waals surface area contributed by atoms with E-state index < -0.39 is 11.9 Å². The van der Waals surface area contributed by atoms with E-state index in [-0.39, 0.29) is 5.92 Å². The van der Waals surface area contributed by atoms with Gasteiger partial charge in [0.15, 0.2) is 0 Å². The lowest BCUT2D eigenvalue weighted by molar-refractivity contribution is -0.159. The van der Waals surface area contributed by atoms with Crippen molar-refractivity contribution >= 4 is 23.5 Å². The van der Waals surface area contributed by atoms with E-state index in [1.165, 1.54) is 11.3 Å². The summed E-state index contributed by atoms with van der Waals surface area (Å²) in [6.45, 7) is 6.27. The number of carbonyl (C=O) groups is 3. The third-order valence-corrected chi connectivity index (χ3v) is 6.32. The molecule has 184 valence electrons. The molecule has 2 aliphatic rings. The lowest BCUT2D eigenvalue weighted by atomic mass is 9.94. The molecule has 35 heavy (non-hydrogen) atoms. The van der Waals surface area contributed by atoms with E-state index >= 15 is 0 Å². The molecule has 2 aliphatic heterocycles. The van der Waals surface area contributed by atoms with Crippen LogP contribution in [-0.4, -0.2) is 77.1 Å². The first kappa shape index (κ1) is 25.7. The van der Waals surface area contributed by atoms with Gasteiger partial charge in [-0.25, -0.2) is 9.59 Å². The second-order valence-electron chi connectivity index (χ2n) is 8.62. The molecule has 9 nitrogen and oxygen atoms in total. The first-order valence-electron chi connectivity index (χ1n) is 11.6. The number of rotatable bonds is 4. The summed E-state index contributed by atoms with van der Waals surface area (Å²) < 4.78 is 0.